The zero-order valence-corrected chi connectivity index (χ0v) is 18.2. The van der Waals surface area contributed by atoms with Gasteiger partial charge < -0.3 is 14.6 Å². The van der Waals surface area contributed by atoms with Crippen LogP contribution in [0.25, 0.3) is 11.0 Å². The van der Waals surface area contributed by atoms with E-state index in [0.29, 0.717) is 37.3 Å². The van der Waals surface area contributed by atoms with Gasteiger partial charge in [0.25, 0.3) is 5.91 Å². The second kappa shape index (κ2) is 8.41. The highest BCUT2D eigenvalue weighted by molar-refractivity contribution is 7.89. The fraction of sp³-hybridized carbons (Fsp3) is 0.318. The number of nitrogens with one attached hydrogen (secondary N) is 1. The van der Waals surface area contributed by atoms with Gasteiger partial charge in [-0.15, -0.1) is 0 Å². The van der Waals surface area contributed by atoms with Gasteiger partial charge in [0.2, 0.25) is 10.0 Å². The van der Waals surface area contributed by atoms with Crippen LogP contribution in [0, 0.1) is 5.82 Å². The molecule has 1 N–H and O–H groups in total. The molecule has 1 fully saturated rings. The molecule has 1 aliphatic heterocycles. The standard InChI is InChI=1S/C22H24FN3O4S/c1-15(20-14-16-5-4-8-19(23)21(16)30-20)24-22(27)17-6-3-7-18(13-17)31(28,29)26-11-9-25(2)10-12-26/h3-8,13-15H,9-12H2,1-2H3,(H,24,27). The van der Waals surface area contributed by atoms with Crippen LogP contribution < -0.4 is 5.32 Å². The number of benzene rings is 2. The van der Waals surface area contributed by atoms with Crippen LogP contribution in [0.4, 0.5) is 4.39 Å². The summed E-state index contributed by atoms with van der Waals surface area (Å²) >= 11 is 0. The molecule has 7 nitrogen and oxygen atoms in total. The summed E-state index contributed by atoms with van der Waals surface area (Å²) in [6.07, 6.45) is 0. The summed E-state index contributed by atoms with van der Waals surface area (Å²) in [5.41, 5.74) is 0.364. The van der Waals surface area contributed by atoms with Crippen LogP contribution in [-0.4, -0.2) is 56.8 Å². The molecule has 0 bridgehead atoms. The van der Waals surface area contributed by atoms with Crippen LogP contribution >= 0.6 is 0 Å². The molecule has 1 atom stereocenters. The van der Waals surface area contributed by atoms with Gasteiger partial charge >= 0.3 is 0 Å². The maximum Gasteiger partial charge on any atom is 0.251 e. The average molecular weight is 446 g/mol. The molecule has 164 valence electrons. The number of likely N-dealkylation sites (N-methyl/N-ethyl adjacent to an activating group) is 1. The van der Waals surface area contributed by atoms with E-state index in [1.807, 2.05) is 7.05 Å². The molecule has 1 amide bonds. The van der Waals surface area contributed by atoms with Crippen LogP contribution in [0.3, 0.4) is 0 Å². The van der Waals surface area contributed by atoms with Crippen molar-refractivity contribution in [1.82, 2.24) is 14.5 Å². The molecule has 2 aromatic carbocycles. The third kappa shape index (κ3) is 4.34. The SMILES string of the molecule is CC(NC(=O)c1cccc(S(=O)(=O)N2CCN(C)CC2)c1)c1cc2cccc(F)c2o1. The Kier molecular flexibility index (Phi) is 5.83. The van der Waals surface area contributed by atoms with E-state index in [2.05, 4.69) is 10.2 Å². The normalized spacial score (nSPS) is 17.0. The van der Waals surface area contributed by atoms with Crippen LogP contribution in [0.5, 0.6) is 0 Å². The van der Waals surface area contributed by atoms with Crippen molar-refractivity contribution in [2.24, 2.45) is 0 Å². The van der Waals surface area contributed by atoms with E-state index in [1.165, 1.54) is 22.5 Å². The van der Waals surface area contributed by atoms with Crippen molar-refractivity contribution in [2.75, 3.05) is 33.2 Å². The molecule has 0 spiro atoms. The minimum Gasteiger partial charge on any atom is -0.456 e. The number of para-hydroxylation sites is 1. The highest BCUT2D eigenvalue weighted by Crippen LogP contribution is 2.26. The van der Waals surface area contributed by atoms with E-state index in [0.717, 1.165) is 0 Å². The maximum absolute atomic E-state index is 13.9. The first-order chi connectivity index (χ1) is 14.8. The van der Waals surface area contributed by atoms with Gasteiger partial charge in [-0.1, -0.05) is 18.2 Å². The zero-order valence-electron chi connectivity index (χ0n) is 17.3. The molecule has 0 saturated carbocycles. The number of nitrogens with zero attached hydrogens (tertiary/aromatic N) is 2. The van der Waals surface area contributed by atoms with E-state index < -0.39 is 27.8 Å². The first-order valence-electron chi connectivity index (χ1n) is 10.0. The van der Waals surface area contributed by atoms with Gasteiger partial charge in [0.1, 0.15) is 5.76 Å². The lowest BCUT2D eigenvalue weighted by atomic mass is 10.1. The number of hydrogen-bond donors (Lipinski definition) is 1. The number of rotatable bonds is 5. The van der Waals surface area contributed by atoms with E-state index >= 15 is 0 Å². The quantitative estimate of drug-likeness (QED) is 0.653. The Morgan fingerprint density at radius 1 is 1.10 bits per heavy atom. The van der Waals surface area contributed by atoms with Crippen LogP contribution in [0.15, 0.2) is 57.8 Å². The number of carbonyl (C=O) groups is 1. The van der Waals surface area contributed by atoms with Crippen molar-refractivity contribution in [1.29, 1.82) is 0 Å². The van der Waals surface area contributed by atoms with Crippen molar-refractivity contribution in [3.63, 3.8) is 0 Å². The van der Waals surface area contributed by atoms with Crippen molar-refractivity contribution < 1.29 is 22.0 Å². The number of halogens is 1. The van der Waals surface area contributed by atoms with Gasteiger partial charge in [-0.3, -0.25) is 4.79 Å². The molecule has 4 rings (SSSR count). The van der Waals surface area contributed by atoms with Gasteiger partial charge in [0.05, 0.1) is 10.9 Å². The predicted molar refractivity (Wildman–Crippen MR) is 115 cm³/mol. The molecule has 1 aliphatic rings. The number of carbonyl (C=O) groups excluding carboxylic acids is 1. The fourth-order valence-corrected chi connectivity index (χ4v) is 5.06. The Balaban J connectivity index is 1.51. The van der Waals surface area contributed by atoms with Gasteiger partial charge in [-0.2, -0.15) is 4.31 Å². The van der Waals surface area contributed by atoms with Crippen molar-refractivity contribution >= 4 is 26.9 Å². The van der Waals surface area contributed by atoms with E-state index in [-0.39, 0.29) is 16.0 Å². The molecule has 0 aliphatic carbocycles. The summed E-state index contributed by atoms with van der Waals surface area (Å²) < 4.78 is 46.8. The Hall–Kier alpha value is -2.75. The molecule has 1 aromatic heterocycles. The Morgan fingerprint density at radius 2 is 1.81 bits per heavy atom. The van der Waals surface area contributed by atoms with E-state index in [9.17, 15) is 17.6 Å². The van der Waals surface area contributed by atoms with Gasteiger partial charge in [-0.05, 0) is 44.3 Å². The molecule has 31 heavy (non-hydrogen) atoms. The topological polar surface area (TPSA) is 82.9 Å². The van der Waals surface area contributed by atoms with Crippen LogP contribution in [0.1, 0.15) is 29.1 Å². The fourth-order valence-electron chi connectivity index (χ4n) is 3.59. The predicted octanol–water partition coefficient (Wildman–Crippen LogP) is 3.00. The van der Waals surface area contributed by atoms with Gasteiger partial charge in [0, 0.05) is 37.1 Å². The molecular weight excluding hydrogens is 421 g/mol. The van der Waals surface area contributed by atoms with Crippen LogP contribution in [0.2, 0.25) is 0 Å². The molecule has 1 unspecified atom stereocenters. The smallest absolute Gasteiger partial charge is 0.251 e. The summed E-state index contributed by atoms with van der Waals surface area (Å²) in [4.78, 5) is 14.9. The number of amides is 1. The molecule has 1 saturated heterocycles. The second-order valence-corrected chi connectivity index (χ2v) is 9.68. The summed E-state index contributed by atoms with van der Waals surface area (Å²) in [5.74, 6) is -0.498. The Labute approximate surface area is 180 Å². The molecule has 2 heterocycles. The maximum atomic E-state index is 13.9. The molecule has 0 radical (unpaired) electrons. The minimum atomic E-state index is -3.68. The van der Waals surface area contributed by atoms with Gasteiger partial charge in [0.15, 0.2) is 11.4 Å². The Bertz CT molecular complexity index is 1220. The van der Waals surface area contributed by atoms with Crippen LogP contribution in [-0.2, 0) is 10.0 Å². The average Bonchev–Trinajstić information content (AvgIpc) is 3.20. The summed E-state index contributed by atoms with van der Waals surface area (Å²) in [6.45, 7) is 3.87. The van der Waals surface area contributed by atoms with E-state index in [4.69, 9.17) is 4.42 Å². The first kappa shape index (κ1) is 21.5. The first-order valence-corrected chi connectivity index (χ1v) is 11.5. The highest BCUT2D eigenvalue weighted by atomic mass is 32.2. The molecular formula is C22H24FN3O4S. The largest absolute Gasteiger partial charge is 0.456 e. The number of hydrogen-bond acceptors (Lipinski definition) is 5. The van der Waals surface area contributed by atoms with E-state index in [1.54, 1.807) is 37.3 Å². The number of sulfonamides is 1. The van der Waals surface area contributed by atoms with Crippen molar-refractivity contribution in [2.45, 2.75) is 17.9 Å². The zero-order chi connectivity index (χ0) is 22.2. The lowest BCUT2D eigenvalue weighted by Crippen LogP contribution is -2.47. The van der Waals surface area contributed by atoms with Crippen molar-refractivity contribution in [3.05, 3.63) is 65.7 Å². The molecule has 3 aromatic rings. The highest BCUT2D eigenvalue weighted by Gasteiger charge is 2.28. The summed E-state index contributed by atoms with van der Waals surface area (Å²) in [5, 5.41) is 3.39. The third-order valence-electron chi connectivity index (χ3n) is 5.49. The third-order valence-corrected chi connectivity index (χ3v) is 7.38. The monoisotopic (exact) mass is 445 g/mol. The number of furan rings is 1. The number of fused-ring (bicyclic) bond motifs is 1. The number of piperazine rings is 1. The second-order valence-electron chi connectivity index (χ2n) is 7.74. The van der Waals surface area contributed by atoms with Crippen molar-refractivity contribution in [3.8, 4) is 0 Å². The summed E-state index contributed by atoms with van der Waals surface area (Å²) in [7, 11) is -1.73. The Morgan fingerprint density at radius 3 is 2.52 bits per heavy atom. The van der Waals surface area contributed by atoms with Gasteiger partial charge in [-0.25, -0.2) is 12.8 Å². The lowest BCUT2D eigenvalue weighted by Gasteiger charge is -2.31. The summed E-state index contributed by atoms with van der Waals surface area (Å²) in [6, 6.07) is 11.8. The molecule has 9 heteroatoms. The lowest BCUT2D eigenvalue weighted by molar-refractivity contribution is 0.0935. The minimum absolute atomic E-state index is 0.0863.